The second-order valence-corrected chi connectivity index (χ2v) is 9.62. The van der Waals surface area contributed by atoms with Crippen LogP contribution in [0.5, 0.6) is 0 Å². The second kappa shape index (κ2) is 10.8. The molecule has 1 amide bonds. The molecule has 7 heteroatoms. The van der Waals surface area contributed by atoms with Gasteiger partial charge in [0.15, 0.2) is 0 Å². The molecule has 0 aliphatic rings. The summed E-state index contributed by atoms with van der Waals surface area (Å²) in [4.78, 5) is 13.4. The molecule has 0 unspecified atom stereocenters. The molecule has 1 atom stereocenters. The highest BCUT2D eigenvalue weighted by Crippen LogP contribution is 2.23. The molecule has 3 aromatic rings. The van der Waals surface area contributed by atoms with Gasteiger partial charge in [0.2, 0.25) is 15.9 Å². The lowest BCUT2D eigenvalue weighted by molar-refractivity contribution is -0.117. The molecule has 0 heterocycles. The van der Waals surface area contributed by atoms with Gasteiger partial charge in [-0.1, -0.05) is 74.0 Å². The maximum Gasteiger partial charge on any atom is 0.242 e. The number of aryl methyl sites for hydroxylation is 2. The largest absolute Gasteiger partial charge is 0.324 e. The first-order valence-corrected chi connectivity index (χ1v) is 12.4. The van der Waals surface area contributed by atoms with Gasteiger partial charge in [-0.2, -0.15) is 4.72 Å². The van der Waals surface area contributed by atoms with Crippen molar-refractivity contribution in [3.63, 3.8) is 0 Å². The third kappa shape index (κ3) is 5.97. The molecule has 0 aliphatic carbocycles. The Morgan fingerprint density at radius 1 is 0.875 bits per heavy atom. The van der Waals surface area contributed by atoms with E-state index in [1.54, 1.807) is 0 Å². The number of halogens is 1. The van der Waals surface area contributed by atoms with Crippen molar-refractivity contribution in [2.45, 2.75) is 44.0 Å². The Labute approximate surface area is 194 Å². The minimum atomic E-state index is -3.93. The number of carbonyl (C=O) groups excluding carboxylic acids is 1. The predicted molar refractivity (Wildman–Crippen MR) is 130 cm³/mol. The van der Waals surface area contributed by atoms with Crippen molar-refractivity contribution in [3.05, 3.63) is 94.5 Å². The molecule has 5 nitrogen and oxygen atoms in total. The third-order valence-electron chi connectivity index (χ3n) is 5.27. The summed E-state index contributed by atoms with van der Waals surface area (Å²) >= 11 is 5.89. The molecule has 3 rings (SSSR count). The van der Waals surface area contributed by atoms with Crippen LogP contribution < -0.4 is 10.0 Å². The SMILES string of the molecule is CCc1cccc(CC)c1NC(=O)[C@H](Cc1ccccc1)NS(=O)(=O)c1ccc(Cl)cc1. The number of sulfonamides is 1. The van der Waals surface area contributed by atoms with Gasteiger partial charge < -0.3 is 5.32 Å². The van der Waals surface area contributed by atoms with Crippen molar-refractivity contribution in [2.75, 3.05) is 5.32 Å². The zero-order valence-corrected chi connectivity index (χ0v) is 19.7. The first-order valence-electron chi connectivity index (χ1n) is 10.6. The fourth-order valence-electron chi connectivity index (χ4n) is 3.52. The van der Waals surface area contributed by atoms with Crippen LogP contribution in [0.1, 0.15) is 30.5 Å². The minimum absolute atomic E-state index is 0.0518. The van der Waals surface area contributed by atoms with Gasteiger partial charge in [0.25, 0.3) is 0 Å². The molecule has 0 saturated carbocycles. The van der Waals surface area contributed by atoms with Gasteiger partial charge in [-0.15, -0.1) is 0 Å². The Balaban J connectivity index is 1.92. The Kier molecular flexibility index (Phi) is 8.07. The van der Waals surface area contributed by atoms with Gasteiger partial charge in [0.05, 0.1) is 4.90 Å². The molecular formula is C25H27ClN2O3S. The molecule has 0 spiro atoms. The number of hydrogen-bond donors (Lipinski definition) is 2. The van der Waals surface area contributed by atoms with E-state index in [1.807, 2.05) is 62.4 Å². The van der Waals surface area contributed by atoms with Crippen LogP contribution in [0.25, 0.3) is 0 Å². The van der Waals surface area contributed by atoms with E-state index in [2.05, 4.69) is 10.0 Å². The normalized spacial score (nSPS) is 12.3. The number of amides is 1. The van der Waals surface area contributed by atoms with Crippen LogP contribution in [0.4, 0.5) is 5.69 Å². The monoisotopic (exact) mass is 470 g/mol. The molecule has 0 bridgehead atoms. The molecule has 0 aliphatic heterocycles. The molecule has 0 radical (unpaired) electrons. The van der Waals surface area contributed by atoms with E-state index in [1.165, 1.54) is 24.3 Å². The summed E-state index contributed by atoms with van der Waals surface area (Å²) < 4.78 is 28.6. The molecule has 0 aromatic heterocycles. The molecular weight excluding hydrogens is 444 g/mol. The van der Waals surface area contributed by atoms with Crippen LogP contribution in [0.2, 0.25) is 5.02 Å². The van der Waals surface area contributed by atoms with E-state index in [0.717, 1.165) is 35.2 Å². The fourth-order valence-corrected chi connectivity index (χ4v) is 4.84. The predicted octanol–water partition coefficient (Wildman–Crippen LogP) is 4.99. The summed E-state index contributed by atoms with van der Waals surface area (Å²) in [7, 11) is -3.93. The molecule has 2 N–H and O–H groups in total. The van der Waals surface area contributed by atoms with E-state index in [0.29, 0.717) is 5.02 Å². The smallest absolute Gasteiger partial charge is 0.242 e. The number of rotatable bonds is 9. The number of nitrogens with one attached hydrogen (secondary N) is 2. The number of benzene rings is 3. The van der Waals surface area contributed by atoms with Crippen LogP contribution in [-0.2, 0) is 34.1 Å². The Bertz CT molecular complexity index is 1140. The van der Waals surface area contributed by atoms with Gasteiger partial charge >= 0.3 is 0 Å². The van der Waals surface area contributed by atoms with Gasteiger partial charge in [-0.3, -0.25) is 4.79 Å². The van der Waals surface area contributed by atoms with Crippen molar-refractivity contribution < 1.29 is 13.2 Å². The third-order valence-corrected chi connectivity index (χ3v) is 7.01. The van der Waals surface area contributed by atoms with Gasteiger partial charge in [0, 0.05) is 10.7 Å². The van der Waals surface area contributed by atoms with Crippen molar-refractivity contribution in [1.29, 1.82) is 0 Å². The molecule has 0 fully saturated rings. The highest BCUT2D eigenvalue weighted by molar-refractivity contribution is 7.89. The zero-order valence-electron chi connectivity index (χ0n) is 18.1. The van der Waals surface area contributed by atoms with Crippen molar-refractivity contribution in [2.24, 2.45) is 0 Å². The minimum Gasteiger partial charge on any atom is -0.324 e. The Morgan fingerprint density at radius 2 is 1.47 bits per heavy atom. The van der Waals surface area contributed by atoms with E-state index in [9.17, 15) is 13.2 Å². The second-order valence-electron chi connectivity index (χ2n) is 7.47. The van der Waals surface area contributed by atoms with Gasteiger partial charge in [-0.05, 0) is 60.2 Å². The Hall–Kier alpha value is -2.67. The van der Waals surface area contributed by atoms with E-state index in [-0.39, 0.29) is 11.3 Å². The number of anilines is 1. The molecule has 32 heavy (non-hydrogen) atoms. The van der Waals surface area contributed by atoms with Crippen molar-refractivity contribution in [3.8, 4) is 0 Å². The maximum absolute atomic E-state index is 13.4. The number of carbonyl (C=O) groups is 1. The summed E-state index contributed by atoms with van der Waals surface area (Å²) in [5.74, 6) is -0.401. The van der Waals surface area contributed by atoms with Crippen LogP contribution in [-0.4, -0.2) is 20.4 Å². The number of hydrogen-bond acceptors (Lipinski definition) is 3. The van der Waals surface area contributed by atoms with Crippen LogP contribution in [0.15, 0.2) is 77.7 Å². The fraction of sp³-hybridized carbons (Fsp3) is 0.240. The summed E-state index contributed by atoms with van der Waals surface area (Å²) in [5, 5.41) is 3.43. The quantitative estimate of drug-likeness (QED) is 0.462. The average molecular weight is 471 g/mol. The molecule has 0 saturated heterocycles. The standard InChI is InChI=1S/C25H27ClN2O3S/c1-3-19-11-8-12-20(4-2)24(19)27-25(29)23(17-18-9-6-5-7-10-18)28-32(30,31)22-15-13-21(26)14-16-22/h5-16,23,28H,3-4,17H2,1-2H3,(H,27,29)/t23-/m0/s1. The number of para-hydroxylation sites is 1. The zero-order chi connectivity index (χ0) is 23.1. The van der Waals surface area contributed by atoms with Crippen molar-refractivity contribution >= 4 is 33.2 Å². The lowest BCUT2D eigenvalue weighted by Crippen LogP contribution is -2.45. The van der Waals surface area contributed by atoms with Gasteiger partial charge in [-0.25, -0.2) is 8.42 Å². The highest BCUT2D eigenvalue weighted by atomic mass is 35.5. The first kappa shape index (κ1) is 24.0. The summed E-state index contributed by atoms with van der Waals surface area (Å²) in [6, 6.07) is 20.1. The summed E-state index contributed by atoms with van der Waals surface area (Å²) in [5.41, 5.74) is 3.63. The lowest BCUT2D eigenvalue weighted by atomic mass is 10.0. The molecule has 3 aromatic carbocycles. The van der Waals surface area contributed by atoms with Crippen molar-refractivity contribution in [1.82, 2.24) is 4.72 Å². The lowest BCUT2D eigenvalue weighted by Gasteiger charge is -2.21. The highest BCUT2D eigenvalue weighted by Gasteiger charge is 2.27. The average Bonchev–Trinajstić information content (AvgIpc) is 2.79. The van der Waals surface area contributed by atoms with E-state index >= 15 is 0 Å². The maximum atomic E-state index is 13.4. The molecule has 168 valence electrons. The Morgan fingerprint density at radius 3 is 2.03 bits per heavy atom. The van der Waals surface area contributed by atoms with Crippen LogP contribution in [0, 0.1) is 0 Å². The van der Waals surface area contributed by atoms with Gasteiger partial charge in [0.1, 0.15) is 6.04 Å². The summed E-state index contributed by atoms with van der Waals surface area (Å²) in [6.07, 6.45) is 1.72. The summed E-state index contributed by atoms with van der Waals surface area (Å²) in [6.45, 7) is 4.05. The van der Waals surface area contributed by atoms with E-state index < -0.39 is 22.0 Å². The van der Waals surface area contributed by atoms with Crippen LogP contribution in [0.3, 0.4) is 0 Å². The van der Waals surface area contributed by atoms with Crippen LogP contribution >= 0.6 is 11.6 Å². The topological polar surface area (TPSA) is 75.3 Å². The first-order chi connectivity index (χ1) is 15.3. The van der Waals surface area contributed by atoms with E-state index in [4.69, 9.17) is 11.6 Å².